The van der Waals surface area contributed by atoms with Crippen LogP contribution in [0.4, 0.5) is 0 Å². The second kappa shape index (κ2) is 19.5. The molecule has 1 fully saturated rings. The van der Waals surface area contributed by atoms with Crippen LogP contribution in [0.25, 0.3) is 0 Å². The SMILES string of the molecule is CCCCCCCCCCCCCCCC(=O)N1CCC(CCN2C=CSC2)CC1.I. The maximum absolute atomic E-state index is 12.5. The first kappa shape index (κ1) is 29.1. The molecule has 1 saturated heterocycles. The summed E-state index contributed by atoms with van der Waals surface area (Å²) in [4.78, 5) is 17.0. The lowest BCUT2D eigenvalue weighted by Crippen LogP contribution is -2.38. The van der Waals surface area contributed by atoms with Gasteiger partial charge in [0.1, 0.15) is 0 Å². The highest BCUT2D eigenvalue weighted by atomic mass is 127. The first-order chi connectivity index (χ1) is 14.8. The number of nitrogens with zero attached hydrogens (tertiary/aromatic N) is 2. The molecule has 0 aromatic rings. The van der Waals surface area contributed by atoms with Crippen molar-refractivity contribution in [3.05, 3.63) is 11.6 Å². The molecule has 0 saturated carbocycles. The second-order valence-electron chi connectivity index (χ2n) is 9.50. The van der Waals surface area contributed by atoms with E-state index in [-0.39, 0.29) is 24.0 Å². The lowest BCUT2D eigenvalue weighted by atomic mass is 9.93. The van der Waals surface area contributed by atoms with Crippen LogP contribution in [0, 0.1) is 5.92 Å². The third-order valence-electron chi connectivity index (χ3n) is 6.89. The minimum Gasteiger partial charge on any atom is -0.367 e. The quantitative estimate of drug-likeness (QED) is 0.131. The lowest BCUT2D eigenvalue weighted by Gasteiger charge is -2.32. The number of amides is 1. The van der Waals surface area contributed by atoms with Crippen LogP contribution in [0.5, 0.6) is 0 Å². The van der Waals surface area contributed by atoms with E-state index in [1.54, 1.807) is 0 Å². The number of piperidine rings is 1. The van der Waals surface area contributed by atoms with E-state index in [4.69, 9.17) is 0 Å². The summed E-state index contributed by atoms with van der Waals surface area (Å²) in [6, 6.07) is 0. The molecular weight excluding hydrogens is 515 g/mol. The van der Waals surface area contributed by atoms with Crippen LogP contribution >= 0.6 is 35.7 Å². The molecule has 2 rings (SSSR count). The van der Waals surface area contributed by atoms with Crippen LogP contribution in [0.3, 0.4) is 0 Å². The highest BCUT2D eigenvalue weighted by molar-refractivity contribution is 14.0. The number of hydrogen-bond donors (Lipinski definition) is 0. The Morgan fingerprint density at radius 2 is 1.42 bits per heavy atom. The van der Waals surface area contributed by atoms with E-state index in [9.17, 15) is 4.79 Å². The van der Waals surface area contributed by atoms with Gasteiger partial charge in [-0.15, -0.1) is 35.7 Å². The van der Waals surface area contributed by atoms with E-state index in [2.05, 4.69) is 28.3 Å². The molecule has 0 aromatic heterocycles. The Hall–Kier alpha value is 0.0900. The number of halogens is 1. The van der Waals surface area contributed by atoms with Gasteiger partial charge in [-0.25, -0.2) is 0 Å². The average Bonchev–Trinajstić information content (AvgIpc) is 3.29. The van der Waals surface area contributed by atoms with Crippen molar-refractivity contribution in [2.45, 2.75) is 116 Å². The van der Waals surface area contributed by atoms with Crippen molar-refractivity contribution in [1.82, 2.24) is 9.80 Å². The zero-order chi connectivity index (χ0) is 21.3. The molecule has 0 radical (unpaired) electrons. The van der Waals surface area contributed by atoms with Crippen LogP contribution in [0.2, 0.25) is 0 Å². The standard InChI is InChI=1S/C26H48N2OS.HI/c1-2-3-4-5-6-7-8-9-10-11-12-13-14-15-26(29)28-20-17-25(18-21-28)16-19-27-22-23-30-24-27;/h22-23,25H,2-21,24H2,1H3;1H. The van der Waals surface area contributed by atoms with Crippen molar-refractivity contribution < 1.29 is 4.79 Å². The van der Waals surface area contributed by atoms with Gasteiger partial charge in [0.15, 0.2) is 0 Å². The third-order valence-corrected chi connectivity index (χ3v) is 7.69. The number of unbranched alkanes of at least 4 members (excludes halogenated alkanes) is 12. The van der Waals surface area contributed by atoms with Gasteiger partial charge < -0.3 is 9.80 Å². The van der Waals surface area contributed by atoms with Crippen LogP contribution in [0.1, 0.15) is 116 Å². The fourth-order valence-corrected chi connectivity index (χ4v) is 5.47. The van der Waals surface area contributed by atoms with Gasteiger partial charge >= 0.3 is 0 Å². The maximum Gasteiger partial charge on any atom is 0.222 e. The molecule has 0 bridgehead atoms. The monoisotopic (exact) mass is 564 g/mol. The topological polar surface area (TPSA) is 23.6 Å². The van der Waals surface area contributed by atoms with Gasteiger partial charge in [0.05, 0.1) is 5.88 Å². The summed E-state index contributed by atoms with van der Waals surface area (Å²) in [5.74, 6) is 2.34. The molecular formula is C26H49IN2OS. The number of hydrogen-bond acceptors (Lipinski definition) is 3. The lowest BCUT2D eigenvalue weighted by molar-refractivity contribution is -0.132. The van der Waals surface area contributed by atoms with Gasteiger partial charge in [-0.05, 0) is 37.0 Å². The van der Waals surface area contributed by atoms with E-state index in [1.807, 2.05) is 11.8 Å². The molecule has 0 N–H and O–H groups in total. The van der Waals surface area contributed by atoms with Crippen molar-refractivity contribution in [2.75, 3.05) is 25.5 Å². The Balaban J connectivity index is 0.00000480. The number of carbonyl (C=O) groups is 1. The van der Waals surface area contributed by atoms with E-state index in [0.29, 0.717) is 5.91 Å². The predicted octanol–water partition coefficient (Wildman–Crippen LogP) is 8.19. The van der Waals surface area contributed by atoms with Crippen LogP contribution < -0.4 is 0 Å². The summed E-state index contributed by atoms with van der Waals surface area (Å²) in [5.41, 5.74) is 0. The fraction of sp³-hybridized carbons (Fsp3) is 0.885. The zero-order valence-corrected chi connectivity index (χ0v) is 23.3. The largest absolute Gasteiger partial charge is 0.367 e. The molecule has 3 nitrogen and oxygen atoms in total. The molecule has 1 amide bonds. The summed E-state index contributed by atoms with van der Waals surface area (Å²) >= 11 is 1.88. The molecule has 2 heterocycles. The highest BCUT2D eigenvalue weighted by Gasteiger charge is 2.22. The summed E-state index contributed by atoms with van der Waals surface area (Å²) in [7, 11) is 0. The van der Waals surface area contributed by atoms with Crippen molar-refractivity contribution in [3.8, 4) is 0 Å². The molecule has 0 spiro atoms. The Bertz CT molecular complexity index is 466. The predicted molar refractivity (Wildman–Crippen MR) is 148 cm³/mol. The molecule has 0 aliphatic carbocycles. The van der Waals surface area contributed by atoms with Crippen LogP contribution in [-0.2, 0) is 4.79 Å². The van der Waals surface area contributed by atoms with Crippen molar-refractivity contribution in [3.63, 3.8) is 0 Å². The zero-order valence-electron chi connectivity index (χ0n) is 20.2. The van der Waals surface area contributed by atoms with Gasteiger partial charge in [0.25, 0.3) is 0 Å². The maximum atomic E-state index is 12.5. The first-order valence-electron chi connectivity index (χ1n) is 13.1. The smallest absolute Gasteiger partial charge is 0.222 e. The molecule has 0 unspecified atom stereocenters. The third kappa shape index (κ3) is 14.1. The molecule has 31 heavy (non-hydrogen) atoms. The summed E-state index contributed by atoms with van der Waals surface area (Å²) < 4.78 is 0. The summed E-state index contributed by atoms with van der Waals surface area (Å²) in [5, 5.41) is 2.19. The van der Waals surface area contributed by atoms with Gasteiger partial charge in [-0.3, -0.25) is 4.79 Å². The Labute approximate surface area is 214 Å². The van der Waals surface area contributed by atoms with Crippen molar-refractivity contribution in [2.24, 2.45) is 5.92 Å². The van der Waals surface area contributed by atoms with Gasteiger partial charge in [-0.1, -0.05) is 84.0 Å². The van der Waals surface area contributed by atoms with E-state index in [0.717, 1.165) is 37.7 Å². The fourth-order valence-electron chi connectivity index (χ4n) is 4.72. The molecule has 182 valence electrons. The van der Waals surface area contributed by atoms with Crippen LogP contribution in [0.15, 0.2) is 11.6 Å². The normalized spacial score (nSPS) is 16.7. The first-order valence-corrected chi connectivity index (χ1v) is 14.1. The number of likely N-dealkylation sites (tertiary alicyclic amines) is 1. The van der Waals surface area contributed by atoms with Crippen LogP contribution in [-0.4, -0.2) is 41.2 Å². The molecule has 2 aliphatic heterocycles. The Kier molecular flexibility index (Phi) is 18.4. The van der Waals surface area contributed by atoms with E-state index < -0.39 is 0 Å². The minimum atomic E-state index is 0. The van der Waals surface area contributed by atoms with Gasteiger partial charge in [0.2, 0.25) is 5.91 Å². The minimum absolute atomic E-state index is 0. The molecule has 0 aromatic carbocycles. The van der Waals surface area contributed by atoms with E-state index in [1.165, 1.54) is 103 Å². The van der Waals surface area contributed by atoms with E-state index >= 15 is 0 Å². The van der Waals surface area contributed by atoms with Gasteiger partial charge in [-0.2, -0.15) is 0 Å². The number of thioether (sulfide) groups is 1. The molecule has 0 atom stereocenters. The molecule has 2 aliphatic rings. The number of carbonyl (C=O) groups excluding carboxylic acids is 1. The van der Waals surface area contributed by atoms with Crippen molar-refractivity contribution >= 4 is 41.6 Å². The number of rotatable bonds is 17. The highest BCUT2D eigenvalue weighted by Crippen LogP contribution is 2.24. The summed E-state index contributed by atoms with van der Waals surface area (Å²) in [6.07, 6.45) is 24.4. The summed E-state index contributed by atoms with van der Waals surface area (Å²) in [6.45, 7) is 5.45. The molecule has 5 heteroatoms. The Morgan fingerprint density at radius 1 is 0.871 bits per heavy atom. The second-order valence-corrected chi connectivity index (χ2v) is 10.4. The average molecular weight is 565 g/mol. The van der Waals surface area contributed by atoms with Crippen molar-refractivity contribution in [1.29, 1.82) is 0 Å². The van der Waals surface area contributed by atoms with Gasteiger partial charge in [0, 0.05) is 32.3 Å². The Morgan fingerprint density at radius 3 is 1.94 bits per heavy atom.